The Hall–Kier alpha value is -3.29. The van der Waals surface area contributed by atoms with Crippen LogP contribution in [0.15, 0.2) is 42.7 Å². The molecule has 158 valence electrons. The predicted molar refractivity (Wildman–Crippen MR) is 116 cm³/mol. The Labute approximate surface area is 184 Å². The van der Waals surface area contributed by atoms with Gasteiger partial charge in [0.25, 0.3) is 0 Å². The monoisotopic (exact) mass is 460 g/mol. The summed E-state index contributed by atoms with van der Waals surface area (Å²) in [5.74, 6) is -2.85. The van der Waals surface area contributed by atoms with E-state index in [0.717, 1.165) is 0 Å². The van der Waals surface area contributed by atoms with Gasteiger partial charge in [-0.05, 0) is 49.2 Å². The van der Waals surface area contributed by atoms with Crippen molar-refractivity contribution in [1.29, 1.82) is 0 Å². The number of halogens is 2. The summed E-state index contributed by atoms with van der Waals surface area (Å²) < 4.78 is 10.5. The molecule has 2 heterocycles. The highest BCUT2D eigenvalue weighted by atomic mass is 35.5. The van der Waals surface area contributed by atoms with Crippen molar-refractivity contribution in [3.63, 3.8) is 0 Å². The summed E-state index contributed by atoms with van der Waals surface area (Å²) in [7, 11) is 0. The van der Waals surface area contributed by atoms with Crippen LogP contribution < -0.4 is 11.3 Å². The van der Waals surface area contributed by atoms with E-state index in [2.05, 4.69) is 0 Å². The number of aldehydes is 1. The molecule has 0 fully saturated rings. The molecular formula is C22H14Cl2O7. The van der Waals surface area contributed by atoms with Crippen LogP contribution in [0.4, 0.5) is 0 Å². The van der Waals surface area contributed by atoms with E-state index >= 15 is 0 Å². The third-order valence-electron chi connectivity index (χ3n) is 5.15. The molecule has 0 spiro atoms. The number of hydrogen-bond acceptors (Lipinski definition) is 7. The Morgan fingerprint density at radius 3 is 1.55 bits per heavy atom. The molecule has 0 saturated carbocycles. The maximum atomic E-state index is 12.7. The second-order valence-electron chi connectivity index (χ2n) is 7.11. The SMILES string of the molecule is Cc1cc2oc(=O)c(C(C=O)c3c(O)c4cc(Cl)c(C)cc4oc3=O)c(O)c2cc1Cl. The van der Waals surface area contributed by atoms with Crippen LogP contribution in [-0.2, 0) is 4.79 Å². The minimum absolute atomic E-state index is 0.0508. The Kier molecular flexibility index (Phi) is 5.03. The quantitative estimate of drug-likeness (QED) is 0.339. The third kappa shape index (κ3) is 3.26. The lowest BCUT2D eigenvalue weighted by Crippen LogP contribution is -2.21. The average molecular weight is 461 g/mol. The number of carbonyl (C=O) groups excluding carboxylic acids is 1. The zero-order valence-electron chi connectivity index (χ0n) is 16.2. The van der Waals surface area contributed by atoms with E-state index in [4.69, 9.17) is 32.0 Å². The smallest absolute Gasteiger partial charge is 0.344 e. The van der Waals surface area contributed by atoms with E-state index in [1.807, 2.05) is 0 Å². The lowest BCUT2D eigenvalue weighted by atomic mass is 9.91. The molecule has 4 rings (SSSR count). The summed E-state index contributed by atoms with van der Waals surface area (Å²) in [5, 5.41) is 22.3. The number of benzene rings is 2. The van der Waals surface area contributed by atoms with Crippen molar-refractivity contribution in [3.8, 4) is 11.5 Å². The highest BCUT2D eigenvalue weighted by molar-refractivity contribution is 6.32. The summed E-state index contributed by atoms with van der Waals surface area (Å²) >= 11 is 12.2. The molecule has 2 N–H and O–H groups in total. The molecule has 9 heteroatoms. The summed E-state index contributed by atoms with van der Waals surface area (Å²) in [4.78, 5) is 37.3. The first-order valence-corrected chi connectivity index (χ1v) is 9.76. The van der Waals surface area contributed by atoms with Gasteiger partial charge in [-0.25, -0.2) is 9.59 Å². The predicted octanol–water partition coefficient (Wildman–Crippen LogP) is 4.57. The first kappa shape index (κ1) is 21.0. The van der Waals surface area contributed by atoms with Crippen LogP contribution in [0.1, 0.15) is 28.2 Å². The van der Waals surface area contributed by atoms with E-state index in [0.29, 0.717) is 21.2 Å². The largest absolute Gasteiger partial charge is 0.507 e. The lowest BCUT2D eigenvalue weighted by Gasteiger charge is -2.15. The summed E-state index contributed by atoms with van der Waals surface area (Å²) in [6.45, 7) is 3.37. The van der Waals surface area contributed by atoms with Crippen molar-refractivity contribution in [2.75, 3.05) is 0 Å². The van der Waals surface area contributed by atoms with Gasteiger partial charge in [0.1, 0.15) is 29.0 Å². The second kappa shape index (κ2) is 7.44. The fraction of sp³-hybridized carbons (Fsp3) is 0.136. The molecule has 0 aliphatic carbocycles. The van der Waals surface area contributed by atoms with Crippen molar-refractivity contribution >= 4 is 51.4 Å². The number of rotatable bonds is 3. The number of carbonyl (C=O) groups is 1. The third-order valence-corrected chi connectivity index (χ3v) is 5.96. The molecule has 0 amide bonds. The van der Waals surface area contributed by atoms with Gasteiger partial charge in [0.05, 0.1) is 27.8 Å². The Morgan fingerprint density at radius 2 is 1.19 bits per heavy atom. The molecule has 0 bridgehead atoms. The van der Waals surface area contributed by atoms with E-state index in [1.54, 1.807) is 13.8 Å². The summed E-state index contributed by atoms with van der Waals surface area (Å²) in [6.07, 6.45) is 0.237. The number of fused-ring (bicyclic) bond motifs is 2. The van der Waals surface area contributed by atoms with Crippen molar-refractivity contribution < 1.29 is 23.8 Å². The van der Waals surface area contributed by atoms with E-state index in [9.17, 15) is 24.6 Å². The van der Waals surface area contributed by atoms with Crippen LogP contribution in [0.2, 0.25) is 10.0 Å². The van der Waals surface area contributed by atoms with E-state index in [1.165, 1.54) is 24.3 Å². The average Bonchev–Trinajstić information content (AvgIpc) is 2.70. The van der Waals surface area contributed by atoms with E-state index in [-0.39, 0.29) is 28.2 Å². The Morgan fingerprint density at radius 1 is 0.806 bits per heavy atom. The fourth-order valence-electron chi connectivity index (χ4n) is 3.47. The zero-order valence-corrected chi connectivity index (χ0v) is 17.7. The van der Waals surface area contributed by atoms with Gasteiger partial charge in [-0.2, -0.15) is 0 Å². The zero-order chi connectivity index (χ0) is 22.6. The normalized spacial score (nSPS) is 11.5. The molecule has 4 aromatic rings. The van der Waals surface area contributed by atoms with E-state index < -0.39 is 39.8 Å². The number of aromatic hydroxyl groups is 2. The molecule has 7 nitrogen and oxygen atoms in total. The van der Waals surface area contributed by atoms with Crippen LogP contribution in [0.25, 0.3) is 21.9 Å². The minimum atomic E-state index is -1.67. The molecule has 31 heavy (non-hydrogen) atoms. The molecule has 2 aromatic carbocycles. The molecule has 0 saturated heterocycles. The van der Waals surface area contributed by atoms with Gasteiger partial charge in [0.2, 0.25) is 0 Å². The van der Waals surface area contributed by atoms with Crippen LogP contribution in [0.5, 0.6) is 11.5 Å². The van der Waals surface area contributed by atoms with Crippen molar-refractivity contribution in [2.24, 2.45) is 0 Å². The van der Waals surface area contributed by atoms with Crippen molar-refractivity contribution in [1.82, 2.24) is 0 Å². The van der Waals surface area contributed by atoms with Gasteiger partial charge < -0.3 is 23.8 Å². The van der Waals surface area contributed by atoms with Crippen molar-refractivity contribution in [2.45, 2.75) is 19.8 Å². The molecule has 0 unspecified atom stereocenters. The first-order chi connectivity index (χ1) is 14.6. The van der Waals surface area contributed by atoms with Crippen LogP contribution in [0.3, 0.4) is 0 Å². The molecule has 0 aliphatic heterocycles. The Balaban J connectivity index is 2.06. The van der Waals surface area contributed by atoms with Gasteiger partial charge in [-0.15, -0.1) is 0 Å². The Bertz CT molecular complexity index is 1400. The van der Waals surface area contributed by atoms with Gasteiger partial charge in [0, 0.05) is 10.0 Å². The summed E-state index contributed by atoms with van der Waals surface area (Å²) in [6, 6.07) is 5.68. The standard InChI is InChI=1S/C22H14Cl2O7/c1-8-3-15-10(5-13(8)23)19(26)17(21(28)30-15)12(7-25)18-20(27)11-6-14(24)9(2)4-16(11)31-22(18)29/h3-7,12,26-27H,1-2H3. The summed E-state index contributed by atoms with van der Waals surface area (Å²) in [5.41, 5.74) is -1.84. The maximum Gasteiger partial charge on any atom is 0.344 e. The highest BCUT2D eigenvalue weighted by Gasteiger charge is 2.31. The molecule has 0 atom stereocenters. The molecule has 2 aromatic heterocycles. The maximum absolute atomic E-state index is 12.7. The second-order valence-corrected chi connectivity index (χ2v) is 7.93. The van der Waals surface area contributed by atoms with Crippen LogP contribution in [0, 0.1) is 13.8 Å². The van der Waals surface area contributed by atoms with Gasteiger partial charge >= 0.3 is 11.3 Å². The van der Waals surface area contributed by atoms with Crippen LogP contribution >= 0.6 is 23.2 Å². The van der Waals surface area contributed by atoms with Gasteiger partial charge in [0.15, 0.2) is 0 Å². The van der Waals surface area contributed by atoms with Gasteiger partial charge in [-0.1, -0.05) is 23.2 Å². The lowest BCUT2D eigenvalue weighted by molar-refractivity contribution is -0.108. The first-order valence-electron chi connectivity index (χ1n) is 9.01. The molecular weight excluding hydrogens is 447 g/mol. The van der Waals surface area contributed by atoms with Crippen molar-refractivity contribution in [3.05, 3.63) is 77.4 Å². The fourth-order valence-corrected chi connectivity index (χ4v) is 3.80. The molecule has 0 aliphatic rings. The van der Waals surface area contributed by atoms with Crippen LogP contribution in [-0.4, -0.2) is 16.5 Å². The number of hydrogen-bond donors (Lipinski definition) is 2. The molecule has 0 radical (unpaired) electrons. The highest BCUT2D eigenvalue weighted by Crippen LogP contribution is 2.39. The topological polar surface area (TPSA) is 118 Å². The number of aryl methyl sites for hydroxylation is 2. The minimum Gasteiger partial charge on any atom is -0.507 e. The van der Waals surface area contributed by atoms with Gasteiger partial charge in [-0.3, -0.25) is 0 Å².